The largest absolute Gasteiger partial charge is 0.496 e. The molecule has 1 aromatic heterocycles. The van der Waals surface area contributed by atoms with Crippen molar-refractivity contribution in [2.75, 3.05) is 12.8 Å². The van der Waals surface area contributed by atoms with Crippen molar-refractivity contribution in [2.45, 2.75) is 0 Å². The lowest BCUT2D eigenvalue weighted by Crippen LogP contribution is -1.89. The van der Waals surface area contributed by atoms with Crippen LogP contribution in [-0.4, -0.2) is 17.3 Å². The Labute approximate surface area is 129 Å². The molecule has 1 heterocycles. The van der Waals surface area contributed by atoms with Crippen LogP contribution >= 0.6 is 15.9 Å². The molecule has 6 heteroatoms. The van der Waals surface area contributed by atoms with Gasteiger partial charge in [-0.25, -0.2) is 0 Å². The van der Waals surface area contributed by atoms with Gasteiger partial charge in [0.1, 0.15) is 5.75 Å². The Hall–Kier alpha value is -2.34. The molecule has 2 N–H and O–H groups in total. The van der Waals surface area contributed by atoms with E-state index in [9.17, 15) is 0 Å². The first-order chi connectivity index (χ1) is 10.2. The summed E-state index contributed by atoms with van der Waals surface area (Å²) in [6, 6.07) is 13.0. The minimum Gasteiger partial charge on any atom is -0.496 e. The van der Waals surface area contributed by atoms with Crippen LogP contribution < -0.4 is 10.5 Å². The smallest absolute Gasteiger partial charge is 0.258 e. The maximum absolute atomic E-state index is 5.82. The van der Waals surface area contributed by atoms with Crippen molar-refractivity contribution < 1.29 is 9.26 Å². The van der Waals surface area contributed by atoms with Crippen LogP contribution in [-0.2, 0) is 0 Å². The molecule has 21 heavy (non-hydrogen) atoms. The second-order valence-corrected chi connectivity index (χ2v) is 5.31. The van der Waals surface area contributed by atoms with Gasteiger partial charge in [-0.2, -0.15) is 4.98 Å². The summed E-state index contributed by atoms with van der Waals surface area (Å²) in [5.41, 5.74) is 7.98. The van der Waals surface area contributed by atoms with Gasteiger partial charge in [-0.15, -0.1) is 0 Å². The normalized spacial score (nSPS) is 10.6. The molecule has 0 saturated carbocycles. The molecule has 0 fully saturated rings. The third kappa shape index (κ3) is 2.75. The number of anilines is 1. The zero-order valence-electron chi connectivity index (χ0n) is 11.2. The van der Waals surface area contributed by atoms with Crippen molar-refractivity contribution in [3.8, 4) is 28.6 Å². The van der Waals surface area contributed by atoms with E-state index < -0.39 is 0 Å². The maximum Gasteiger partial charge on any atom is 0.258 e. The fourth-order valence-electron chi connectivity index (χ4n) is 2.02. The summed E-state index contributed by atoms with van der Waals surface area (Å²) in [5.74, 6) is 1.57. The molecule has 0 bridgehead atoms. The van der Waals surface area contributed by atoms with Crippen LogP contribution in [0.2, 0.25) is 0 Å². The molecular formula is C15H12BrN3O2. The highest BCUT2D eigenvalue weighted by atomic mass is 79.9. The first-order valence-electron chi connectivity index (χ1n) is 6.21. The molecule has 0 spiro atoms. The summed E-state index contributed by atoms with van der Waals surface area (Å²) >= 11 is 3.39. The monoisotopic (exact) mass is 345 g/mol. The van der Waals surface area contributed by atoms with E-state index in [1.165, 1.54) is 0 Å². The van der Waals surface area contributed by atoms with Crippen molar-refractivity contribution in [3.63, 3.8) is 0 Å². The van der Waals surface area contributed by atoms with Crippen molar-refractivity contribution in [3.05, 3.63) is 46.9 Å². The standard InChI is InChI=1S/C15H12BrN3O2/c1-20-13-5-3-2-4-12(13)14-18-15(21-19-14)9-6-10(16)8-11(17)7-9/h2-8H,17H2,1H3. The molecule has 0 amide bonds. The minimum atomic E-state index is 0.406. The number of halogens is 1. The summed E-state index contributed by atoms with van der Waals surface area (Å²) in [5, 5.41) is 4.01. The number of aromatic nitrogens is 2. The molecule has 0 aliphatic heterocycles. The van der Waals surface area contributed by atoms with E-state index >= 15 is 0 Å². The first kappa shape index (κ1) is 13.6. The van der Waals surface area contributed by atoms with Crippen molar-refractivity contribution in [1.29, 1.82) is 0 Å². The molecule has 2 aromatic carbocycles. The predicted molar refractivity (Wildman–Crippen MR) is 83.8 cm³/mol. The van der Waals surface area contributed by atoms with Crippen molar-refractivity contribution >= 4 is 21.6 Å². The number of ether oxygens (including phenoxy) is 1. The molecule has 3 aromatic rings. The number of rotatable bonds is 3. The second kappa shape index (κ2) is 5.57. The van der Waals surface area contributed by atoms with E-state index in [1.807, 2.05) is 30.3 Å². The maximum atomic E-state index is 5.82. The Kier molecular flexibility index (Phi) is 3.62. The molecule has 0 aliphatic rings. The van der Waals surface area contributed by atoms with Crippen LogP contribution in [0.25, 0.3) is 22.8 Å². The number of nitrogens with zero attached hydrogens (tertiary/aromatic N) is 2. The van der Waals surface area contributed by atoms with Crippen LogP contribution in [0.3, 0.4) is 0 Å². The van der Waals surface area contributed by atoms with Crippen molar-refractivity contribution in [1.82, 2.24) is 10.1 Å². The third-order valence-corrected chi connectivity index (χ3v) is 3.40. The van der Waals surface area contributed by atoms with E-state index in [-0.39, 0.29) is 0 Å². The Morgan fingerprint density at radius 1 is 1.19 bits per heavy atom. The summed E-state index contributed by atoms with van der Waals surface area (Å²) < 4.78 is 11.5. The Bertz CT molecular complexity index is 766. The summed E-state index contributed by atoms with van der Waals surface area (Å²) in [4.78, 5) is 4.41. The van der Waals surface area contributed by atoms with Gasteiger partial charge >= 0.3 is 0 Å². The highest BCUT2D eigenvalue weighted by molar-refractivity contribution is 9.10. The number of nitrogen functional groups attached to an aromatic ring is 1. The Balaban J connectivity index is 2.04. The van der Waals surface area contributed by atoms with Crippen LogP contribution in [0, 0.1) is 0 Å². The summed E-state index contributed by atoms with van der Waals surface area (Å²) in [7, 11) is 1.61. The second-order valence-electron chi connectivity index (χ2n) is 4.40. The zero-order valence-corrected chi connectivity index (χ0v) is 12.8. The fourth-order valence-corrected chi connectivity index (χ4v) is 2.53. The molecule has 106 valence electrons. The topological polar surface area (TPSA) is 74.2 Å². The van der Waals surface area contributed by atoms with Gasteiger partial charge in [0.25, 0.3) is 5.89 Å². The Morgan fingerprint density at radius 2 is 2.00 bits per heavy atom. The van der Waals surface area contributed by atoms with Gasteiger partial charge in [-0.1, -0.05) is 33.2 Å². The lowest BCUT2D eigenvalue weighted by molar-refractivity contribution is 0.413. The number of hydrogen-bond acceptors (Lipinski definition) is 5. The van der Waals surface area contributed by atoms with E-state index in [4.69, 9.17) is 15.0 Å². The van der Waals surface area contributed by atoms with Gasteiger partial charge in [-0.05, 0) is 30.3 Å². The minimum absolute atomic E-state index is 0.406. The summed E-state index contributed by atoms with van der Waals surface area (Å²) in [6.07, 6.45) is 0. The number of nitrogens with two attached hydrogens (primary N) is 1. The molecule has 0 saturated heterocycles. The molecule has 0 aliphatic carbocycles. The zero-order chi connectivity index (χ0) is 14.8. The number of benzene rings is 2. The molecule has 0 unspecified atom stereocenters. The van der Waals surface area contributed by atoms with Crippen molar-refractivity contribution in [2.24, 2.45) is 0 Å². The lowest BCUT2D eigenvalue weighted by atomic mass is 10.2. The molecule has 5 nitrogen and oxygen atoms in total. The van der Waals surface area contributed by atoms with Crippen LogP contribution in [0.4, 0.5) is 5.69 Å². The third-order valence-electron chi connectivity index (χ3n) is 2.94. The average molecular weight is 346 g/mol. The van der Waals surface area contributed by atoms with Gasteiger partial charge in [0.2, 0.25) is 5.82 Å². The SMILES string of the molecule is COc1ccccc1-c1noc(-c2cc(N)cc(Br)c2)n1. The van der Waals surface area contributed by atoms with Crippen LogP contribution in [0.15, 0.2) is 51.5 Å². The van der Waals surface area contributed by atoms with E-state index in [2.05, 4.69) is 26.1 Å². The molecule has 0 radical (unpaired) electrons. The van der Waals surface area contributed by atoms with E-state index in [0.717, 1.165) is 15.6 Å². The Morgan fingerprint density at radius 3 is 2.76 bits per heavy atom. The molecule has 3 rings (SSSR count). The van der Waals surface area contributed by atoms with Gasteiger partial charge in [-0.3, -0.25) is 0 Å². The number of hydrogen-bond donors (Lipinski definition) is 1. The first-order valence-corrected chi connectivity index (χ1v) is 7.00. The average Bonchev–Trinajstić information content (AvgIpc) is 2.96. The highest BCUT2D eigenvalue weighted by Crippen LogP contribution is 2.30. The molecule has 0 atom stereocenters. The van der Waals surface area contributed by atoms with Gasteiger partial charge in [0.15, 0.2) is 0 Å². The quantitative estimate of drug-likeness (QED) is 0.731. The lowest BCUT2D eigenvalue weighted by Gasteiger charge is -2.03. The fraction of sp³-hybridized carbons (Fsp3) is 0.0667. The molecular weight excluding hydrogens is 334 g/mol. The van der Waals surface area contributed by atoms with Crippen LogP contribution in [0.1, 0.15) is 0 Å². The van der Waals surface area contributed by atoms with E-state index in [1.54, 1.807) is 19.2 Å². The number of para-hydroxylation sites is 1. The van der Waals surface area contributed by atoms with Gasteiger partial charge in [0.05, 0.1) is 12.7 Å². The van der Waals surface area contributed by atoms with E-state index in [0.29, 0.717) is 23.2 Å². The van der Waals surface area contributed by atoms with Gasteiger partial charge in [0, 0.05) is 15.7 Å². The number of methoxy groups -OCH3 is 1. The highest BCUT2D eigenvalue weighted by Gasteiger charge is 2.14. The van der Waals surface area contributed by atoms with Crippen LogP contribution in [0.5, 0.6) is 5.75 Å². The summed E-state index contributed by atoms with van der Waals surface area (Å²) in [6.45, 7) is 0. The predicted octanol–water partition coefficient (Wildman–Crippen LogP) is 3.76. The van der Waals surface area contributed by atoms with Gasteiger partial charge < -0.3 is 15.0 Å².